The lowest BCUT2D eigenvalue weighted by molar-refractivity contribution is 0.519. The van der Waals surface area contributed by atoms with Crippen molar-refractivity contribution in [3.63, 3.8) is 0 Å². The SMILES string of the molecule is CCC(CC)CNc1cccc(-c2csc(C)n2)c1. The van der Waals surface area contributed by atoms with Crippen molar-refractivity contribution >= 4 is 17.0 Å². The molecule has 0 aliphatic heterocycles. The first kappa shape index (κ1) is 14.1. The molecule has 1 aromatic heterocycles. The summed E-state index contributed by atoms with van der Waals surface area (Å²) in [5.74, 6) is 0.755. The smallest absolute Gasteiger partial charge is 0.0901 e. The lowest BCUT2D eigenvalue weighted by Gasteiger charge is -2.14. The van der Waals surface area contributed by atoms with Gasteiger partial charge in [-0.1, -0.05) is 38.8 Å². The summed E-state index contributed by atoms with van der Waals surface area (Å²) in [7, 11) is 0. The van der Waals surface area contributed by atoms with Crippen molar-refractivity contribution in [2.75, 3.05) is 11.9 Å². The maximum atomic E-state index is 4.54. The van der Waals surface area contributed by atoms with Gasteiger partial charge in [-0.15, -0.1) is 11.3 Å². The number of hydrogen-bond acceptors (Lipinski definition) is 3. The molecule has 3 heteroatoms. The van der Waals surface area contributed by atoms with E-state index < -0.39 is 0 Å². The van der Waals surface area contributed by atoms with E-state index in [1.165, 1.54) is 24.1 Å². The molecule has 1 N–H and O–H groups in total. The number of nitrogens with zero attached hydrogens (tertiary/aromatic N) is 1. The standard InChI is InChI=1S/C16H22N2S/c1-4-13(5-2)10-17-15-8-6-7-14(9-15)16-11-19-12(3)18-16/h6-9,11,13,17H,4-5,10H2,1-3H3. The highest BCUT2D eigenvalue weighted by atomic mass is 32.1. The predicted molar refractivity (Wildman–Crippen MR) is 84.8 cm³/mol. The number of hydrogen-bond donors (Lipinski definition) is 1. The molecule has 0 atom stereocenters. The van der Waals surface area contributed by atoms with Crippen molar-refractivity contribution in [3.8, 4) is 11.3 Å². The number of aryl methyl sites for hydroxylation is 1. The van der Waals surface area contributed by atoms with Crippen LogP contribution in [0.25, 0.3) is 11.3 Å². The van der Waals surface area contributed by atoms with Crippen LogP contribution < -0.4 is 5.32 Å². The lowest BCUT2D eigenvalue weighted by atomic mass is 10.0. The van der Waals surface area contributed by atoms with Crippen molar-refractivity contribution in [3.05, 3.63) is 34.7 Å². The zero-order valence-corrected chi connectivity index (χ0v) is 12.8. The van der Waals surface area contributed by atoms with Crippen LogP contribution in [-0.2, 0) is 0 Å². The fourth-order valence-electron chi connectivity index (χ4n) is 2.12. The maximum absolute atomic E-state index is 4.54. The molecule has 0 unspecified atom stereocenters. The number of anilines is 1. The van der Waals surface area contributed by atoms with Crippen LogP contribution >= 0.6 is 11.3 Å². The molecule has 1 aromatic carbocycles. The molecule has 2 nitrogen and oxygen atoms in total. The highest BCUT2D eigenvalue weighted by molar-refractivity contribution is 7.09. The van der Waals surface area contributed by atoms with Gasteiger partial charge in [-0.05, 0) is 25.0 Å². The zero-order valence-electron chi connectivity index (χ0n) is 11.9. The van der Waals surface area contributed by atoms with Gasteiger partial charge >= 0.3 is 0 Å². The Morgan fingerprint density at radius 1 is 1.26 bits per heavy atom. The van der Waals surface area contributed by atoms with E-state index in [0.29, 0.717) is 0 Å². The summed E-state index contributed by atoms with van der Waals surface area (Å²) in [6.07, 6.45) is 2.46. The topological polar surface area (TPSA) is 24.9 Å². The normalized spacial score (nSPS) is 10.9. The number of aromatic nitrogens is 1. The quantitative estimate of drug-likeness (QED) is 0.804. The molecule has 0 saturated carbocycles. The lowest BCUT2D eigenvalue weighted by Crippen LogP contribution is -2.12. The Balaban J connectivity index is 2.07. The molecule has 102 valence electrons. The van der Waals surface area contributed by atoms with Gasteiger partial charge in [-0.25, -0.2) is 4.98 Å². The predicted octanol–water partition coefficient (Wildman–Crippen LogP) is 4.97. The Morgan fingerprint density at radius 2 is 2.05 bits per heavy atom. The van der Waals surface area contributed by atoms with Crippen LogP contribution in [0.2, 0.25) is 0 Å². The number of thiazole rings is 1. The molecule has 0 aliphatic rings. The van der Waals surface area contributed by atoms with Crippen LogP contribution in [0.15, 0.2) is 29.6 Å². The minimum absolute atomic E-state index is 0.755. The molecule has 1 heterocycles. The van der Waals surface area contributed by atoms with Crippen molar-refractivity contribution in [1.29, 1.82) is 0 Å². The molecular formula is C16H22N2S. The molecule has 19 heavy (non-hydrogen) atoms. The summed E-state index contributed by atoms with van der Waals surface area (Å²) in [6.45, 7) is 7.60. The van der Waals surface area contributed by atoms with Gasteiger partial charge in [0.25, 0.3) is 0 Å². The van der Waals surface area contributed by atoms with Crippen LogP contribution in [0.3, 0.4) is 0 Å². The van der Waals surface area contributed by atoms with Crippen molar-refractivity contribution in [2.45, 2.75) is 33.6 Å². The van der Waals surface area contributed by atoms with Gasteiger partial charge in [0.05, 0.1) is 10.7 Å². The van der Waals surface area contributed by atoms with Crippen LogP contribution in [0.1, 0.15) is 31.7 Å². The first-order valence-corrected chi connectivity index (χ1v) is 7.87. The van der Waals surface area contributed by atoms with E-state index in [1.807, 2.05) is 6.92 Å². The molecule has 0 fully saturated rings. The minimum Gasteiger partial charge on any atom is -0.385 e. The van der Waals surface area contributed by atoms with Gasteiger partial charge in [0.1, 0.15) is 0 Å². The van der Waals surface area contributed by atoms with Gasteiger partial charge < -0.3 is 5.32 Å². The van der Waals surface area contributed by atoms with Gasteiger partial charge in [0.2, 0.25) is 0 Å². The van der Waals surface area contributed by atoms with Gasteiger partial charge in [0, 0.05) is 23.2 Å². The zero-order chi connectivity index (χ0) is 13.7. The summed E-state index contributed by atoms with van der Waals surface area (Å²) in [5.41, 5.74) is 3.46. The third-order valence-corrected chi connectivity index (χ3v) is 4.30. The van der Waals surface area contributed by atoms with Crippen molar-refractivity contribution < 1.29 is 0 Å². The summed E-state index contributed by atoms with van der Waals surface area (Å²) in [5, 5.41) is 6.78. The highest BCUT2D eigenvalue weighted by Gasteiger charge is 2.05. The molecule has 0 radical (unpaired) electrons. The van der Waals surface area contributed by atoms with Gasteiger partial charge in [-0.2, -0.15) is 0 Å². The Hall–Kier alpha value is -1.35. The third-order valence-electron chi connectivity index (χ3n) is 3.53. The van der Waals surface area contributed by atoms with E-state index in [4.69, 9.17) is 0 Å². The Bertz CT molecular complexity index is 515. The molecular weight excluding hydrogens is 252 g/mol. The van der Waals surface area contributed by atoms with Crippen molar-refractivity contribution in [1.82, 2.24) is 4.98 Å². The molecule has 0 amide bonds. The molecule has 2 aromatic rings. The van der Waals surface area contributed by atoms with E-state index in [1.54, 1.807) is 11.3 Å². The third kappa shape index (κ3) is 3.80. The fraction of sp³-hybridized carbons (Fsp3) is 0.438. The molecule has 0 saturated heterocycles. The first-order valence-electron chi connectivity index (χ1n) is 6.99. The number of benzene rings is 1. The molecule has 0 spiro atoms. The largest absolute Gasteiger partial charge is 0.385 e. The highest BCUT2D eigenvalue weighted by Crippen LogP contribution is 2.24. The molecule has 0 bridgehead atoms. The van der Waals surface area contributed by atoms with Crippen molar-refractivity contribution in [2.24, 2.45) is 5.92 Å². The maximum Gasteiger partial charge on any atom is 0.0901 e. The van der Waals surface area contributed by atoms with Crippen LogP contribution in [0.5, 0.6) is 0 Å². The van der Waals surface area contributed by atoms with Crippen LogP contribution in [0.4, 0.5) is 5.69 Å². The van der Waals surface area contributed by atoms with E-state index in [2.05, 4.69) is 53.8 Å². The summed E-state index contributed by atoms with van der Waals surface area (Å²) < 4.78 is 0. The first-order chi connectivity index (χ1) is 9.22. The van der Waals surface area contributed by atoms with Gasteiger partial charge in [-0.3, -0.25) is 0 Å². The Kier molecular flexibility index (Phi) is 4.97. The van der Waals surface area contributed by atoms with E-state index in [-0.39, 0.29) is 0 Å². The second-order valence-corrected chi connectivity index (χ2v) is 5.96. The summed E-state index contributed by atoms with van der Waals surface area (Å²) >= 11 is 1.70. The molecule has 2 rings (SSSR count). The Morgan fingerprint density at radius 3 is 2.68 bits per heavy atom. The summed E-state index contributed by atoms with van der Waals surface area (Å²) in [6, 6.07) is 8.54. The van der Waals surface area contributed by atoms with E-state index in [9.17, 15) is 0 Å². The average molecular weight is 274 g/mol. The van der Waals surface area contributed by atoms with Gasteiger partial charge in [0.15, 0.2) is 0 Å². The average Bonchev–Trinajstić information content (AvgIpc) is 2.87. The van der Waals surface area contributed by atoms with Crippen LogP contribution in [-0.4, -0.2) is 11.5 Å². The molecule has 0 aliphatic carbocycles. The Labute approximate surface area is 119 Å². The number of rotatable bonds is 6. The monoisotopic (exact) mass is 274 g/mol. The minimum atomic E-state index is 0.755. The second-order valence-electron chi connectivity index (χ2n) is 4.90. The van der Waals surface area contributed by atoms with E-state index >= 15 is 0 Å². The van der Waals surface area contributed by atoms with E-state index in [0.717, 1.165) is 23.2 Å². The summed E-state index contributed by atoms with van der Waals surface area (Å²) in [4.78, 5) is 4.54. The van der Waals surface area contributed by atoms with Crippen LogP contribution in [0, 0.1) is 12.8 Å². The fourth-order valence-corrected chi connectivity index (χ4v) is 2.75. The second kappa shape index (κ2) is 6.71. The number of nitrogens with one attached hydrogen (secondary N) is 1.